The van der Waals surface area contributed by atoms with Crippen LogP contribution in [0.5, 0.6) is 6.01 Å². The smallest absolute Gasteiger partial charge is 0.348 e. The lowest BCUT2D eigenvalue weighted by Gasteiger charge is -2.11. The number of nitrogens with one attached hydrogen (secondary N) is 1. The number of ether oxygens (including phenoxy) is 1. The van der Waals surface area contributed by atoms with Gasteiger partial charge in [-0.1, -0.05) is 48.5 Å². The summed E-state index contributed by atoms with van der Waals surface area (Å²) in [6, 6.07) is 16.2. The van der Waals surface area contributed by atoms with E-state index in [2.05, 4.69) is 14.3 Å². The second-order valence-corrected chi connectivity index (χ2v) is 9.56. The maximum absolute atomic E-state index is 11.9. The summed E-state index contributed by atoms with van der Waals surface area (Å²) in [7, 11) is 0. The van der Waals surface area contributed by atoms with E-state index in [0.29, 0.717) is 36.0 Å². The summed E-state index contributed by atoms with van der Waals surface area (Å²) in [6.07, 6.45) is 0. The van der Waals surface area contributed by atoms with Crippen LogP contribution in [-0.4, -0.2) is 36.6 Å². The van der Waals surface area contributed by atoms with Crippen molar-refractivity contribution in [2.45, 2.75) is 20.4 Å². The van der Waals surface area contributed by atoms with E-state index in [0.717, 1.165) is 38.7 Å². The molecule has 10 heteroatoms. The molecule has 0 unspecified atom stereocenters. The molecule has 0 amide bonds. The molecular formula is C24H20N4O4S2. The number of fused-ring (bicyclic) bond motifs is 1. The molecule has 34 heavy (non-hydrogen) atoms. The fraction of sp³-hybridized carbons (Fsp3) is 0.167. The lowest BCUT2D eigenvalue weighted by molar-refractivity contribution is 0.0703. The zero-order valence-corrected chi connectivity index (χ0v) is 20.0. The van der Waals surface area contributed by atoms with Crippen LogP contribution >= 0.6 is 22.9 Å². The van der Waals surface area contributed by atoms with Crippen LogP contribution in [0.1, 0.15) is 27.0 Å². The van der Waals surface area contributed by atoms with Gasteiger partial charge >= 0.3 is 10.8 Å². The van der Waals surface area contributed by atoms with Gasteiger partial charge in [-0.05, 0) is 30.5 Å². The molecule has 0 aliphatic carbocycles. The van der Waals surface area contributed by atoms with Gasteiger partial charge in [-0.15, -0.1) is 11.3 Å². The topological polar surface area (TPSA) is 110 Å². The molecule has 5 aromatic rings. The molecule has 2 N–H and O–H groups in total. The summed E-state index contributed by atoms with van der Waals surface area (Å²) in [5.74, 6) is -0.426. The Morgan fingerprint density at radius 3 is 2.50 bits per heavy atom. The fourth-order valence-corrected chi connectivity index (χ4v) is 5.36. The third-order valence-electron chi connectivity index (χ3n) is 5.43. The lowest BCUT2D eigenvalue weighted by Crippen LogP contribution is -2.07. The number of aromatic amines is 1. The molecule has 8 nitrogen and oxygen atoms in total. The average Bonchev–Trinajstić information content (AvgIpc) is 3.51. The van der Waals surface area contributed by atoms with Crippen LogP contribution in [-0.2, 0) is 6.54 Å². The van der Waals surface area contributed by atoms with E-state index in [-0.39, 0.29) is 9.75 Å². The van der Waals surface area contributed by atoms with Crippen LogP contribution < -0.4 is 9.61 Å². The maximum Gasteiger partial charge on any atom is 0.348 e. The number of nitrogens with zero attached hydrogens (tertiary/aromatic N) is 3. The van der Waals surface area contributed by atoms with Gasteiger partial charge in [-0.25, -0.2) is 4.79 Å². The van der Waals surface area contributed by atoms with E-state index in [9.17, 15) is 14.7 Å². The van der Waals surface area contributed by atoms with Gasteiger partial charge in [0.25, 0.3) is 6.01 Å². The van der Waals surface area contributed by atoms with Gasteiger partial charge in [0.1, 0.15) is 10.4 Å². The number of carboxylic acid groups (broad SMARTS) is 1. The number of aromatic carboxylic acids is 1. The first kappa shape index (κ1) is 22.1. The van der Waals surface area contributed by atoms with Gasteiger partial charge in [0.05, 0.1) is 18.7 Å². The van der Waals surface area contributed by atoms with Crippen LogP contribution in [0.2, 0.25) is 0 Å². The first-order chi connectivity index (χ1) is 16.5. The third-order valence-corrected chi connectivity index (χ3v) is 7.06. The number of thiophene rings is 1. The minimum atomic E-state index is -0.973. The van der Waals surface area contributed by atoms with Crippen LogP contribution in [0, 0.1) is 6.92 Å². The number of aryl methyl sites for hydroxylation is 1. The Morgan fingerprint density at radius 1 is 1.12 bits per heavy atom. The molecule has 2 aromatic carbocycles. The lowest BCUT2D eigenvalue weighted by atomic mass is 9.98. The molecule has 3 heterocycles. The number of carboxylic acids is 1. The molecule has 0 radical (unpaired) electrons. The first-order valence-corrected chi connectivity index (χ1v) is 12.2. The highest BCUT2D eigenvalue weighted by Gasteiger charge is 2.23. The summed E-state index contributed by atoms with van der Waals surface area (Å²) >= 11 is 2.19. The van der Waals surface area contributed by atoms with Crippen molar-refractivity contribution >= 4 is 39.9 Å². The Morgan fingerprint density at radius 2 is 1.85 bits per heavy atom. The van der Waals surface area contributed by atoms with Gasteiger partial charge in [0.2, 0.25) is 0 Å². The number of hydrogen-bond donors (Lipinski definition) is 2. The van der Waals surface area contributed by atoms with E-state index in [1.807, 2.05) is 66.9 Å². The molecule has 0 saturated carbocycles. The monoisotopic (exact) mass is 492 g/mol. The second kappa shape index (κ2) is 8.88. The molecule has 0 atom stereocenters. The van der Waals surface area contributed by atoms with E-state index >= 15 is 0 Å². The Bertz CT molecular complexity index is 1560. The van der Waals surface area contributed by atoms with Crippen LogP contribution in [0.4, 0.5) is 0 Å². The quantitative estimate of drug-likeness (QED) is 0.330. The number of benzene rings is 2. The van der Waals surface area contributed by atoms with Gasteiger partial charge in [-0.3, -0.25) is 13.7 Å². The zero-order chi connectivity index (χ0) is 23.8. The normalized spacial score (nSPS) is 11.2. The predicted molar refractivity (Wildman–Crippen MR) is 133 cm³/mol. The maximum atomic E-state index is 11.9. The molecule has 0 bridgehead atoms. The SMILES string of the molecule is CCOc1nc2c(C)sc(C(=O)O)c2n1Cc1ccc(-c2ccccc2-c2nc(=O)s[nH]2)cc1. The van der Waals surface area contributed by atoms with Crippen molar-refractivity contribution in [3.8, 4) is 28.5 Å². The van der Waals surface area contributed by atoms with E-state index in [1.54, 1.807) is 0 Å². The van der Waals surface area contributed by atoms with Crippen molar-refractivity contribution in [2.75, 3.05) is 6.61 Å². The van der Waals surface area contributed by atoms with Crippen molar-refractivity contribution in [1.29, 1.82) is 0 Å². The number of hydrogen-bond acceptors (Lipinski definition) is 7. The number of imidazole rings is 1. The third kappa shape index (κ3) is 3.91. The Labute approximate surface area is 202 Å². The highest BCUT2D eigenvalue weighted by atomic mass is 32.1. The van der Waals surface area contributed by atoms with Crippen molar-refractivity contribution in [3.05, 3.63) is 73.5 Å². The summed E-state index contributed by atoms with van der Waals surface area (Å²) < 4.78 is 10.5. The molecule has 0 spiro atoms. The highest BCUT2D eigenvalue weighted by molar-refractivity contribution is 7.15. The van der Waals surface area contributed by atoms with Crippen molar-refractivity contribution in [1.82, 2.24) is 18.9 Å². The molecule has 0 aliphatic heterocycles. The summed E-state index contributed by atoms with van der Waals surface area (Å²) in [6.45, 7) is 4.59. The zero-order valence-electron chi connectivity index (χ0n) is 18.4. The van der Waals surface area contributed by atoms with Crippen molar-refractivity contribution < 1.29 is 14.6 Å². The Kier molecular flexibility index (Phi) is 5.76. The van der Waals surface area contributed by atoms with Gasteiger partial charge in [0, 0.05) is 22.0 Å². The standard InChI is InChI=1S/C24H20N4O4S2/c1-3-32-23-25-18-13(2)33-20(22(29)30)19(18)28(23)12-14-8-10-15(11-9-14)16-6-4-5-7-17(16)21-26-24(31)34-27-21/h4-11H,3,12H2,1-2H3,(H,29,30)(H,26,27,31). The molecular weight excluding hydrogens is 472 g/mol. The molecule has 3 aromatic heterocycles. The summed E-state index contributed by atoms with van der Waals surface area (Å²) in [4.78, 5) is 32.9. The summed E-state index contributed by atoms with van der Waals surface area (Å²) in [5.41, 5.74) is 5.00. The number of aromatic nitrogens is 4. The van der Waals surface area contributed by atoms with Gasteiger partial charge in [0.15, 0.2) is 5.82 Å². The molecule has 0 aliphatic rings. The first-order valence-electron chi connectivity index (χ1n) is 10.6. The summed E-state index contributed by atoms with van der Waals surface area (Å²) in [5, 5.41) is 9.71. The molecule has 0 fully saturated rings. The number of H-pyrrole nitrogens is 1. The molecule has 0 saturated heterocycles. The van der Waals surface area contributed by atoms with Gasteiger partial charge < -0.3 is 9.84 Å². The van der Waals surface area contributed by atoms with Crippen LogP contribution in [0.15, 0.2) is 53.3 Å². The van der Waals surface area contributed by atoms with Crippen molar-refractivity contribution in [3.63, 3.8) is 0 Å². The van der Waals surface area contributed by atoms with Crippen LogP contribution in [0.25, 0.3) is 33.5 Å². The van der Waals surface area contributed by atoms with Crippen LogP contribution in [0.3, 0.4) is 0 Å². The highest BCUT2D eigenvalue weighted by Crippen LogP contribution is 2.35. The molecule has 5 rings (SSSR count). The Hall–Kier alpha value is -3.76. The van der Waals surface area contributed by atoms with Crippen molar-refractivity contribution in [2.24, 2.45) is 0 Å². The van der Waals surface area contributed by atoms with E-state index in [4.69, 9.17) is 4.74 Å². The predicted octanol–water partition coefficient (Wildman–Crippen LogP) is 5.03. The number of carbonyl (C=O) groups is 1. The van der Waals surface area contributed by atoms with E-state index in [1.165, 1.54) is 11.3 Å². The fourth-order valence-electron chi connectivity index (χ4n) is 3.95. The Balaban J connectivity index is 1.52. The minimum Gasteiger partial charge on any atom is -0.477 e. The minimum absolute atomic E-state index is 0.258. The second-order valence-electron chi connectivity index (χ2n) is 7.58. The largest absolute Gasteiger partial charge is 0.477 e. The average molecular weight is 493 g/mol. The van der Waals surface area contributed by atoms with Gasteiger partial charge in [-0.2, -0.15) is 9.97 Å². The van der Waals surface area contributed by atoms with E-state index < -0.39 is 5.97 Å². The molecule has 172 valence electrons. The number of rotatable bonds is 7.